The van der Waals surface area contributed by atoms with Crippen molar-refractivity contribution in [3.63, 3.8) is 0 Å². The lowest BCUT2D eigenvalue weighted by Gasteiger charge is -2.32. The number of alkyl halides is 2. The van der Waals surface area contributed by atoms with E-state index in [0.717, 1.165) is 0 Å². The van der Waals surface area contributed by atoms with Gasteiger partial charge in [0.1, 0.15) is 0 Å². The summed E-state index contributed by atoms with van der Waals surface area (Å²) in [5, 5.41) is 0. The van der Waals surface area contributed by atoms with Crippen LogP contribution in [-0.2, 0) is 0 Å². The molecule has 1 aliphatic rings. The normalized spacial score (nSPS) is 39.6. The van der Waals surface area contributed by atoms with E-state index in [4.69, 9.17) is 11.5 Å². The Morgan fingerprint density at radius 3 is 2.30 bits per heavy atom. The minimum atomic E-state index is -2.74. The van der Waals surface area contributed by atoms with Gasteiger partial charge in [0.25, 0.3) is 5.92 Å². The summed E-state index contributed by atoms with van der Waals surface area (Å²) in [4.78, 5) is 0. The average molecular weight is 150 g/mol. The highest BCUT2D eigenvalue weighted by molar-refractivity contribution is 4.92. The molecule has 1 unspecified atom stereocenters. The molecule has 4 N–H and O–H groups in total. The van der Waals surface area contributed by atoms with Crippen LogP contribution in [0.1, 0.15) is 19.3 Å². The summed E-state index contributed by atoms with van der Waals surface area (Å²) in [5.74, 6) is -2.74. The van der Waals surface area contributed by atoms with E-state index in [1.54, 1.807) is 0 Å². The first-order valence-electron chi connectivity index (χ1n) is 3.43. The number of hydrogen-bond donors (Lipinski definition) is 2. The second-order valence-corrected chi connectivity index (χ2v) is 2.84. The molecule has 2 nitrogen and oxygen atoms in total. The van der Waals surface area contributed by atoms with Gasteiger partial charge < -0.3 is 11.5 Å². The van der Waals surface area contributed by atoms with Crippen molar-refractivity contribution in [1.82, 2.24) is 0 Å². The van der Waals surface area contributed by atoms with Crippen LogP contribution in [0.4, 0.5) is 8.78 Å². The number of hydrogen-bond acceptors (Lipinski definition) is 2. The van der Waals surface area contributed by atoms with Crippen molar-refractivity contribution < 1.29 is 8.78 Å². The Morgan fingerprint density at radius 1 is 1.30 bits per heavy atom. The standard InChI is InChI=1S/C6H12F2N2/c7-6(8)3-1-2-4(9)5(6)10/h4-5H,1-3,9-10H2/t4-,5?/m1/s1. The Bertz CT molecular complexity index is 127. The first-order chi connectivity index (χ1) is 4.54. The minimum Gasteiger partial charge on any atom is -0.326 e. The maximum Gasteiger partial charge on any atom is 0.264 e. The van der Waals surface area contributed by atoms with E-state index in [2.05, 4.69) is 0 Å². The smallest absolute Gasteiger partial charge is 0.264 e. The van der Waals surface area contributed by atoms with Crippen LogP contribution in [0, 0.1) is 0 Å². The molecular formula is C6H12F2N2. The zero-order valence-corrected chi connectivity index (χ0v) is 5.69. The van der Waals surface area contributed by atoms with E-state index in [1.807, 2.05) is 0 Å². The summed E-state index contributed by atoms with van der Waals surface area (Å²) in [6.07, 6.45) is 1.00. The fourth-order valence-corrected chi connectivity index (χ4v) is 1.23. The SMILES string of the molecule is NC1[C@H](N)CCCC1(F)F. The van der Waals surface area contributed by atoms with Crippen molar-refractivity contribution in [2.45, 2.75) is 37.3 Å². The molecule has 0 saturated heterocycles. The minimum absolute atomic E-state index is 0.109. The van der Waals surface area contributed by atoms with Gasteiger partial charge in [0, 0.05) is 12.5 Å². The molecule has 1 fully saturated rings. The highest BCUT2D eigenvalue weighted by atomic mass is 19.3. The van der Waals surface area contributed by atoms with Crippen LogP contribution in [0.3, 0.4) is 0 Å². The van der Waals surface area contributed by atoms with Crippen molar-refractivity contribution >= 4 is 0 Å². The van der Waals surface area contributed by atoms with Crippen LogP contribution in [0.5, 0.6) is 0 Å². The van der Waals surface area contributed by atoms with Crippen LogP contribution < -0.4 is 11.5 Å². The fraction of sp³-hybridized carbons (Fsp3) is 1.00. The van der Waals surface area contributed by atoms with Crippen LogP contribution in [0.2, 0.25) is 0 Å². The first kappa shape index (κ1) is 7.88. The van der Waals surface area contributed by atoms with Crippen molar-refractivity contribution in [2.24, 2.45) is 11.5 Å². The number of rotatable bonds is 0. The molecule has 0 spiro atoms. The van der Waals surface area contributed by atoms with E-state index in [9.17, 15) is 8.78 Å². The monoisotopic (exact) mass is 150 g/mol. The fourth-order valence-electron chi connectivity index (χ4n) is 1.23. The van der Waals surface area contributed by atoms with Gasteiger partial charge in [-0.3, -0.25) is 0 Å². The second kappa shape index (κ2) is 2.43. The molecule has 2 atom stereocenters. The highest BCUT2D eigenvalue weighted by Crippen LogP contribution is 2.31. The summed E-state index contributed by atoms with van der Waals surface area (Å²) in [7, 11) is 0. The Balaban J connectivity index is 2.60. The summed E-state index contributed by atoms with van der Waals surface area (Å²) in [6, 6.07) is -1.66. The molecule has 1 saturated carbocycles. The van der Waals surface area contributed by atoms with Gasteiger partial charge in [0.05, 0.1) is 6.04 Å². The van der Waals surface area contributed by atoms with E-state index >= 15 is 0 Å². The molecule has 0 aromatic heterocycles. The molecule has 10 heavy (non-hydrogen) atoms. The van der Waals surface area contributed by atoms with Crippen molar-refractivity contribution in [3.05, 3.63) is 0 Å². The molecule has 4 heteroatoms. The molecule has 0 aliphatic heterocycles. The topological polar surface area (TPSA) is 52.0 Å². The number of nitrogens with two attached hydrogens (primary N) is 2. The zero-order valence-electron chi connectivity index (χ0n) is 5.69. The maximum atomic E-state index is 12.6. The summed E-state index contributed by atoms with van der Waals surface area (Å²) < 4.78 is 25.3. The van der Waals surface area contributed by atoms with Gasteiger partial charge in [-0.15, -0.1) is 0 Å². The highest BCUT2D eigenvalue weighted by Gasteiger charge is 2.43. The Kier molecular flexibility index (Phi) is 1.92. The molecule has 0 bridgehead atoms. The molecule has 1 aliphatic carbocycles. The van der Waals surface area contributed by atoms with E-state index in [0.29, 0.717) is 12.8 Å². The van der Waals surface area contributed by atoms with Crippen LogP contribution in [0.15, 0.2) is 0 Å². The summed E-state index contributed by atoms with van der Waals surface area (Å²) in [5.41, 5.74) is 10.5. The average Bonchev–Trinajstić information content (AvgIpc) is 1.83. The first-order valence-corrected chi connectivity index (χ1v) is 3.43. The molecule has 0 radical (unpaired) electrons. The molecule has 0 aromatic carbocycles. The third-order valence-electron chi connectivity index (χ3n) is 2.00. The lowest BCUT2D eigenvalue weighted by atomic mass is 9.88. The van der Waals surface area contributed by atoms with Gasteiger partial charge in [-0.05, 0) is 12.8 Å². The van der Waals surface area contributed by atoms with Crippen LogP contribution in [-0.4, -0.2) is 18.0 Å². The third kappa shape index (κ3) is 1.27. The van der Waals surface area contributed by atoms with Crippen molar-refractivity contribution in [1.29, 1.82) is 0 Å². The Hall–Kier alpha value is -0.220. The van der Waals surface area contributed by atoms with E-state index < -0.39 is 18.0 Å². The van der Waals surface area contributed by atoms with Gasteiger partial charge in [0.2, 0.25) is 0 Å². The predicted molar refractivity (Wildman–Crippen MR) is 34.7 cm³/mol. The summed E-state index contributed by atoms with van der Waals surface area (Å²) in [6.45, 7) is 0. The van der Waals surface area contributed by atoms with Crippen molar-refractivity contribution in [2.75, 3.05) is 0 Å². The van der Waals surface area contributed by atoms with Gasteiger partial charge in [-0.2, -0.15) is 0 Å². The maximum absolute atomic E-state index is 12.6. The van der Waals surface area contributed by atoms with Gasteiger partial charge in [0.15, 0.2) is 0 Å². The lowest BCUT2D eigenvalue weighted by Crippen LogP contribution is -2.55. The molecule has 0 heterocycles. The molecule has 0 amide bonds. The number of halogens is 2. The second-order valence-electron chi connectivity index (χ2n) is 2.84. The van der Waals surface area contributed by atoms with Crippen molar-refractivity contribution in [3.8, 4) is 0 Å². The van der Waals surface area contributed by atoms with Gasteiger partial charge in [-0.25, -0.2) is 8.78 Å². The van der Waals surface area contributed by atoms with Gasteiger partial charge in [-0.1, -0.05) is 0 Å². The molecule has 0 aromatic rings. The lowest BCUT2D eigenvalue weighted by molar-refractivity contribution is -0.0578. The van der Waals surface area contributed by atoms with E-state index in [-0.39, 0.29) is 6.42 Å². The molecule has 1 rings (SSSR count). The Labute approximate surface area is 58.6 Å². The van der Waals surface area contributed by atoms with E-state index in [1.165, 1.54) is 0 Å². The molecular weight excluding hydrogens is 138 g/mol. The quantitative estimate of drug-likeness (QED) is 0.527. The summed E-state index contributed by atoms with van der Waals surface area (Å²) >= 11 is 0. The largest absolute Gasteiger partial charge is 0.326 e. The van der Waals surface area contributed by atoms with Crippen LogP contribution >= 0.6 is 0 Å². The predicted octanol–water partition coefficient (Wildman–Crippen LogP) is 0.460. The third-order valence-corrected chi connectivity index (χ3v) is 2.00. The molecule has 60 valence electrons. The van der Waals surface area contributed by atoms with Crippen LogP contribution in [0.25, 0.3) is 0 Å². The zero-order chi connectivity index (χ0) is 7.78. The van der Waals surface area contributed by atoms with Gasteiger partial charge >= 0.3 is 0 Å². The Morgan fingerprint density at radius 2 is 1.90 bits per heavy atom.